The van der Waals surface area contributed by atoms with E-state index in [1.54, 1.807) is 6.07 Å². The molecule has 15 heavy (non-hydrogen) atoms. The van der Waals surface area contributed by atoms with E-state index in [0.29, 0.717) is 14.8 Å². The summed E-state index contributed by atoms with van der Waals surface area (Å²) in [5.74, 6) is 0.00877. The van der Waals surface area contributed by atoms with E-state index in [1.165, 1.54) is 22.7 Å². The van der Waals surface area contributed by atoms with Gasteiger partial charge in [0.25, 0.3) is 0 Å². The summed E-state index contributed by atoms with van der Waals surface area (Å²) in [6, 6.07) is 3.55. The quantitative estimate of drug-likeness (QED) is 0.647. The third-order valence-corrected chi connectivity index (χ3v) is 6.00. The van der Waals surface area contributed by atoms with Crippen LogP contribution in [0.5, 0.6) is 0 Å². The molecule has 2 aromatic rings. The highest BCUT2D eigenvalue weighted by molar-refractivity contribution is 9.11. The first-order chi connectivity index (χ1) is 7.09. The Labute approximate surface area is 116 Å². The molecule has 0 unspecified atom stereocenters. The Kier molecular flexibility index (Phi) is 3.67. The number of hydrogen-bond acceptors (Lipinski definition) is 3. The van der Waals surface area contributed by atoms with E-state index in [2.05, 4.69) is 31.9 Å². The van der Waals surface area contributed by atoms with E-state index in [9.17, 15) is 4.79 Å². The van der Waals surface area contributed by atoms with Crippen LogP contribution in [-0.2, 0) is 0 Å². The lowest BCUT2D eigenvalue weighted by Gasteiger charge is -1.93. The van der Waals surface area contributed by atoms with Crippen molar-refractivity contribution in [3.05, 3.63) is 40.5 Å². The van der Waals surface area contributed by atoms with Crippen molar-refractivity contribution >= 4 is 71.9 Å². The zero-order valence-corrected chi connectivity index (χ0v) is 12.7. The van der Waals surface area contributed by atoms with Crippen molar-refractivity contribution in [3.63, 3.8) is 0 Å². The zero-order valence-electron chi connectivity index (χ0n) is 7.09. The summed E-state index contributed by atoms with van der Waals surface area (Å²) in [5.41, 5.74) is 0. The van der Waals surface area contributed by atoms with Crippen molar-refractivity contribution in [1.29, 1.82) is 0 Å². The topological polar surface area (TPSA) is 17.1 Å². The molecule has 0 aliphatic rings. The van der Waals surface area contributed by atoms with Gasteiger partial charge in [-0.15, -0.1) is 22.7 Å². The number of ketones is 1. The van der Waals surface area contributed by atoms with Crippen molar-refractivity contribution in [1.82, 2.24) is 0 Å². The number of hydrogen-bond donors (Lipinski definition) is 0. The summed E-state index contributed by atoms with van der Waals surface area (Å²) < 4.78 is 1.62. The summed E-state index contributed by atoms with van der Waals surface area (Å²) in [6.45, 7) is 0. The van der Waals surface area contributed by atoms with Crippen LogP contribution in [0, 0.1) is 0 Å². The molecule has 78 valence electrons. The number of rotatable bonds is 2. The minimum atomic E-state index is 0.00877. The lowest BCUT2D eigenvalue weighted by Crippen LogP contribution is -1.95. The fourth-order valence-electron chi connectivity index (χ4n) is 1.03. The summed E-state index contributed by atoms with van der Waals surface area (Å²) >= 11 is 15.3. The van der Waals surface area contributed by atoms with Crippen molar-refractivity contribution in [2.24, 2.45) is 0 Å². The van der Waals surface area contributed by atoms with E-state index < -0.39 is 0 Å². The molecule has 0 saturated heterocycles. The Morgan fingerprint density at radius 1 is 1.40 bits per heavy atom. The van der Waals surface area contributed by atoms with Gasteiger partial charge < -0.3 is 0 Å². The van der Waals surface area contributed by atoms with Crippen molar-refractivity contribution in [2.45, 2.75) is 0 Å². The lowest BCUT2D eigenvalue weighted by molar-refractivity contribution is 0.104. The molecule has 0 radical (unpaired) electrons. The van der Waals surface area contributed by atoms with Crippen LogP contribution in [0.25, 0.3) is 0 Å². The Morgan fingerprint density at radius 3 is 2.60 bits per heavy atom. The number of halogens is 3. The van der Waals surface area contributed by atoms with E-state index in [4.69, 9.17) is 11.6 Å². The predicted octanol–water partition coefficient (Wildman–Crippen LogP) is 5.22. The molecule has 1 nitrogen and oxygen atoms in total. The van der Waals surface area contributed by atoms with E-state index in [1.807, 2.05) is 11.4 Å². The molecule has 0 spiro atoms. The monoisotopic (exact) mass is 384 g/mol. The second kappa shape index (κ2) is 4.67. The SMILES string of the molecule is O=C(c1cc(Cl)c(Br)s1)c1sccc1Br. The maximum atomic E-state index is 12.0. The second-order valence-electron chi connectivity index (χ2n) is 2.66. The molecule has 0 bridgehead atoms. The van der Waals surface area contributed by atoms with Gasteiger partial charge in [0.15, 0.2) is 0 Å². The normalized spacial score (nSPS) is 10.6. The zero-order chi connectivity index (χ0) is 11.0. The Bertz CT molecular complexity index is 498. The second-order valence-corrected chi connectivity index (χ2v) is 7.21. The first kappa shape index (κ1) is 11.8. The van der Waals surface area contributed by atoms with E-state index >= 15 is 0 Å². The van der Waals surface area contributed by atoms with Crippen LogP contribution in [0.3, 0.4) is 0 Å². The van der Waals surface area contributed by atoms with Gasteiger partial charge in [0.2, 0.25) is 5.78 Å². The molecule has 0 aromatic carbocycles. The highest BCUT2D eigenvalue weighted by atomic mass is 79.9. The van der Waals surface area contributed by atoms with Crippen LogP contribution in [-0.4, -0.2) is 5.78 Å². The Hall–Kier alpha value is 0.320. The Balaban J connectivity index is 2.41. The summed E-state index contributed by atoms with van der Waals surface area (Å²) in [6.07, 6.45) is 0. The summed E-state index contributed by atoms with van der Waals surface area (Å²) in [4.78, 5) is 13.4. The molecule has 2 heterocycles. The van der Waals surface area contributed by atoms with Crippen LogP contribution >= 0.6 is 66.1 Å². The number of carbonyl (C=O) groups excluding carboxylic acids is 1. The number of carbonyl (C=O) groups is 1. The lowest BCUT2D eigenvalue weighted by atomic mass is 10.3. The van der Waals surface area contributed by atoms with Gasteiger partial charge in [0.05, 0.1) is 18.6 Å². The Morgan fingerprint density at radius 2 is 2.13 bits per heavy atom. The van der Waals surface area contributed by atoms with Crippen LogP contribution in [0.2, 0.25) is 5.02 Å². The van der Waals surface area contributed by atoms with Gasteiger partial charge in [-0.05, 0) is 49.4 Å². The maximum Gasteiger partial charge on any atom is 0.214 e. The van der Waals surface area contributed by atoms with Crippen molar-refractivity contribution in [3.8, 4) is 0 Å². The molecule has 0 aliphatic carbocycles. The molecule has 0 amide bonds. The summed E-state index contributed by atoms with van der Waals surface area (Å²) in [7, 11) is 0. The molecule has 0 N–H and O–H groups in total. The highest BCUT2D eigenvalue weighted by Crippen LogP contribution is 2.35. The molecule has 0 saturated carbocycles. The smallest absolute Gasteiger partial charge is 0.214 e. The first-order valence-electron chi connectivity index (χ1n) is 3.82. The van der Waals surface area contributed by atoms with Gasteiger partial charge in [-0.3, -0.25) is 4.79 Å². The molecule has 2 aromatic heterocycles. The predicted molar refractivity (Wildman–Crippen MR) is 72.5 cm³/mol. The summed E-state index contributed by atoms with van der Waals surface area (Å²) in [5, 5.41) is 2.46. The van der Waals surface area contributed by atoms with E-state index in [-0.39, 0.29) is 5.78 Å². The average molecular weight is 387 g/mol. The molecule has 2 rings (SSSR count). The van der Waals surface area contributed by atoms with Gasteiger partial charge in [-0.1, -0.05) is 11.6 Å². The van der Waals surface area contributed by atoms with Gasteiger partial charge in [0, 0.05) is 4.47 Å². The molecule has 0 aliphatic heterocycles. The van der Waals surface area contributed by atoms with Crippen LogP contribution in [0.4, 0.5) is 0 Å². The fourth-order valence-corrected chi connectivity index (χ4v) is 4.24. The third kappa shape index (κ3) is 2.36. The van der Waals surface area contributed by atoms with Crippen LogP contribution in [0.1, 0.15) is 14.5 Å². The van der Waals surface area contributed by atoms with Gasteiger partial charge in [-0.25, -0.2) is 0 Å². The average Bonchev–Trinajstić information content (AvgIpc) is 2.74. The molecule has 6 heteroatoms. The number of thiophene rings is 2. The highest BCUT2D eigenvalue weighted by Gasteiger charge is 2.17. The minimum absolute atomic E-state index is 0.00877. The van der Waals surface area contributed by atoms with Crippen LogP contribution in [0.15, 0.2) is 25.8 Å². The third-order valence-electron chi connectivity index (χ3n) is 1.69. The van der Waals surface area contributed by atoms with Crippen LogP contribution < -0.4 is 0 Å². The van der Waals surface area contributed by atoms with Crippen molar-refractivity contribution in [2.75, 3.05) is 0 Å². The van der Waals surface area contributed by atoms with E-state index in [0.717, 1.165) is 8.26 Å². The molecule has 0 fully saturated rings. The van der Waals surface area contributed by atoms with Crippen molar-refractivity contribution < 1.29 is 4.79 Å². The fraction of sp³-hybridized carbons (Fsp3) is 0. The van der Waals surface area contributed by atoms with Gasteiger partial charge >= 0.3 is 0 Å². The standard InChI is InChI=1S/C9H3Br2ClOS2/c10-4-1-2-14-8(4)7(13)6-3-5(12)9(11)15-6/h1-3H. The maximum absolute atomic E-state index is 12.0. The van der Waals surface area contributed by atoms with Gasteiger partial charge in [0.1, 0.15) is 0 Å². The molecular formula is C9H3Br2ClOS2. The van der Waals surface area contributed by atoms with Gasteiger partial charge in [-0.2, -0.15) is 0 Å². The minimum Gasteiger partial charge on any atom is -0.287 e. The molecular weight excluding hydrogens is 383 g/mol. The first-order valence-corrected chi connectivity index (χ1v) is 7.48. The largest absolute Gasteiger partial charge is 0.287 e. The molecule has 0 atom stereocenters.